The summed E-state index contributed by atoms with van der Waals surface area (Å²) in [4.78, 5) is 0. The molecule has 0 bridgehead atoms. The highest BCUT2D eigenvalue weighted by atomic mass is 35.5. The summed E-state index contributed by atoms with van der Waals surface area (Å²) < 4.78 is 7.52. The van der Waals surface area contributed by atoms with Crippen LogP contribution in [0, 0.1) is 0 Å². The third-order valence-corrected chi connectivity index (χ3v) is 2.94. The maximum Gasteiger partial charge on any atom is 0.0669 e. The molecule has 0 radical (unpaired) electrons. The molecule has 3 heteroatoms. The summed E-state index contributed by atoms with van der Waals surface area (Å²) in [5, 5.41) is 2.02. The van der Waals surface area contributed by atoms with Crippen LogP contribution in [0.4, 0.5) is 0 Å². The number of benzene rings is 1. The van der Waals surface area contributed by atoms with Crippen LogP contribution < -0.4 is 0 Å². The largest absolute Gasteiger partial charge is 0.382 e. The number of para-hydroxylation sites is 1. The van der Waals surface area contributed by atoms with E-state index in [9.17, 15) is 0 Å². The number of aromatic nitrogens is 1. The van der Waals surface area contributed by atoms with Gasteiger partial charge in [-0.3, -0.25) is 0 Å². The van der Waals surface area contributed by atoms with Crippen LogP contribution in [-0.4, -0.2) is 17.8 Å². The fraction of sp³-hybridized carbons (Fsp3) is 0.385. The van der Waals surface area contributed by atoms with E-state index >= 15 is 0 Å². The van der Waals surface area contributed by atoms with Gasteiger partial charge in [-0.1, -0.05) is 23.7 Å². The lowest BCUT2D eigenvalue weighted by Crippen LogP contribution is -2.01. The Morgan fingerprint density at radius 2 is 2.19 bits per heavy atom. The van der Waals surface area contributed by atoms with Gasteiger partial charge in [0.25, 0.3) is 0 Å². The Labute approximate surface area is 101 Å². The molecule has 86 valence electrons. The lowest BCUT2D eigenvalue weighted by Gasteiger charge is -2.06. The SMILES string of the molecule is CCOCCCn1ccc2cccc(Cl)c21. The maximum absolute atomic E-state index is 6.19. The highest BCUT2D eigenvalue weighted by molar-refractivity contribution is 6.35. The molecule has 2 rings (SSSR count). The van der Waals surface area contributed by atoms with Gasteiger partial charge >= 0.3 is 0 Å². The molecule has 0 N–H and O–H groups in total. The van der Waals surface area contributed by atoms with Gasteiger partial charge in [0.05, 0.1) is 10.5 Å². The number of halogens is 1. The molecule has 1 aromatic carbocycles. The average Bonchev–Trinajstić information content (AvgIpc) is 2.69. The molecular formula is C13H16ClNO. The van der Waals surface area contributed by atoms with Crippen LogP contribution in [0.2, 0.25) is 5.02 Å². The predicted octanol–water partition coefficient (Wildman–Crippen LogP) is 3.72. The molecule has 0 aliphatic heterocycles. The first-order valence-corrected chi connectivity index (χ1v) is 6.02. The van der Waals surface area contributed by atoms with Gasteiger partial charge < -0.3 is 9.30 Å². The molecule has 0 spiro atoms. The predicted molar refractivity (Wildman–Crippen MR) is 68.1 cm³/mol. The highest BCUT2D eigenvalue weighted by Gasteiger charge is 2.04. The Hall–Kier alpha value is -0.990. The van der Waals surface area contributed by atoms with Crippen LogP contribution in [0.15, 0.2) is 30.5 Å². The van der Waals surface area contributed by atoms with Crippen LogP contribution in [0.3, 0.4) is 0 Å². The fourth-order valence-corrected chi connectivity index (χ4v) is 2.17. The Morgan fingerprint density at radius 3 is 3.00 bits per heavy atom. The summed E-state index contributed by atoms with van der Waals surface area (Å²) in [6.07, 6.45) is 3.10. The minimum atomic E-state index is 0.785. The van der Waals surface area contributed by atoms with E-state index < -0.39 is 0 Å². The van der Waals surface area contributed by atoms with E-state index in [1.54, 1.807) is 0 Å². The third-order valence-electron chi connectivity index (χ3n) is 2.63. The summed E-state index contributed by atoms with van der Waals surface area (Å²) in [7, 11) is 0. The van der Waals surface area contributed by atoms with E-state index in [-0.39, 0.29) is 0 Å². The van der Waals surface area contributed by atoms with E-state index in [0.717, 1.165) is 36.7 Å². The zero-order valence-corrected chi connectivity index (χ0v) is 10.2. The van der Waals surface area contributed by atoms with Crippen molar-refractivity contribution >= 4 is 22.5 Å². The molecule has 0 unspecified atom stereocenters. The van der Waals surface area contributed by atoms with Crippen molar-refractivity contribution in [2.45, 2.75) is 19.9 Å². The van der Waals surface area contributed by atoms with Crippen molar-refractivity contribution in [2.24, 2.45) is 0 Å². The Bertz CT molecular complexity index is 464. The molecule has 0 saturated carbocycles. The third kappa shape index (κ3) is 2.39. The molecule has 1 aromatic heterocycles. The number of hydrogen-bond acceptors (Lipinski definition) is 1. The zero-order chi connectivity index (χ0) is 11.4. The molecule has 0 aliphatic rings. The van der Waals surface area contributed by atoms with Crippen molar-refractivity contribution in [2.75, 3.05) is 13.2 Å². The molecule has 2 aromatic rings. The second-order valence-corrected chi connectivity index (χ2v) is 4.14. The van der Waals surface area contributed by atoms with Crippen molar-refractivity contribution < 1.29 is 4.74 Å². The van der Waals surface area contributed by atoms with E-state index in [4.69, 9.17) is 16.3 Å². The Kier molecular flexibility index (Phi) is 3.86. The number of aryl methyl sites for hydroxylation is 1. The van der Waals surface area contributed by atoms with Crippen molar-refractivity contribution in [3.05, 3.63) is 35.5 Å². The number of rotatable bonds is 5. The molecule has 2 nitrogen and oxygen atoms in total. The van der Waals surface area contributed by atoms with E-state index in [0.29, 0.717) is 0 Å². The second-order valence-electron chi connectivity index (χ2n) is 3.74. The first kappa shape index (κ1) is 11.5. The van der Waals surface area contributed by atoms with E-state index in [2.05, 4.69) is 22.9 Å². The van der Waals surface area contributed by atoms with Gasteiger partial charge in [-0.2, -0.15) is 0 Å². The molecule has 0 aliphatic carbocycles. The van der Waals surface area contributed by atoms with Crippen molar-refractivity contribution in [3.8, 4) is 0 Å². The van der Waals surface area contributed by atoms with E-state index in [1.165, 1.54) is 5.39 Å². The minimum absolute atomic E-state index is 0.785. The van der Waals surface area contributed by atoms with Gasteiger partial charge in [0.2, 0.25) is 0 Å². The summed E-state index contributed by atoms with van der Waals surface area (Å²) in [6.45, 7) is 4.56. The topological polar surface area (TPSA) is 14.2 Å². The Balaban J connectivity index is 2.12. The second kappa shape index (κ2) is 5.37. The number of ether oxygens (including phenoxy) is 1. The van der Waals surface area contributed by atoms with Gasteiger partial charge in [0.1, 0.15) is 0 Å². The minimum Gasteiger partial charge on any atom is -0.382 e. The normalized spacial score (nSPS) is 11.1. The smallest absolute Gasteiger partial charge is 0.0669 e. The molecule has 0 fully saturated rings. The van der Waals surface area contributed by atoms with E-state index in [1.807, 2.05) is 19.1 Å². The lowest BCUT2D eigenvalue weighted by atomic mass is 10.2. The fourth-order valence-electron chi connectivity index (χ4n) is 1.88. The summed E-state index contributed by atoms with van der Waals surface area (Å²) in [5.41, 5.74) is 1.13. The Morgan fingerprint density at radius 1 is 1.31 bits per heavy atom. The monoisotopic (exact) mass is 237 g/mol. The standard InChI is InChI=1S/C13H16ClNO/c1-2-16-10-4-8-15-9-7-11-5-3-6-12(14)13(11)15/h3,5-7,9H,2,4,8,10H2,1H3. The van der Waals surface area contributed by atoms with Crippen molar-refractivity contribution in [3.63, 3.8) is 0 Å². The lowest BCUT2D eigenvalue weighted by molar-refractivity contribution is 0.142. The van der Waals surface area contributed by atoms with Crippen LogP contribution in [0.25, 0.3) is 10.9 Å². The highest BCUT2D eigenvalue weighted by Crippen LogP contribution is 2.24. The van der Waals surface area contributed by atoms with Crippen LogP contribution in [0.1, 0.15) is 13.3 Å². The van der Waals surface area contributed by atoms with Crippen LogP contribution >= 0.6 is 11.6 Å². The number of fused-ring (bicyclic) bond motifs is 1. The molecule has 16 heavy (non-hydrogen) atoms. The van der Waals surface area contributed by atoms with Crippen molar-refractivity contribution in [1.29, 1.82) is 0 Å². The van der Waals surface area contributed by atoms with Gasteiger partial charge in [-0.15, -0.1) is 0 Å². The molecule has 0 amide bonds. The van der Waals surface area contributed by atoms with Gasteiger partial charge in [0, 0.05) is 31.3 Å². The van der Waals surface area contributed by atoms with Crippen molar-refractivity contribution in [1.82, 2.24) is 4.57 Å². The maximum atomic E-state index is 6.19. The van der Waals surface area contributed by atoms with Crippen LogP contribution in [0.5, 0.6) is 0 Å². The summed E-state index contributed by atoms with van der Waals surface area (Å²) in [6, 6.07) is 8.10. The summed E-state index contributed by atoms with van der Waals surface area (Å²) >= 11 is 6.19. The van der Waals surface area contributed by atoms with Gasteiger partial charge in [-0.05, 0) is 25.5 Å². The van der Waals surface area contributed by atoms with Gasteiger partial charge in [0.15, 0.2) is 0 Å². The zero-order valence-electron chi connectivity index (χ0n) is 9.45. The van der Waals surface area contributed by atoms with Crippen LogP contribution in [-0.2, 0) is 11.3 Å². The average molecular weight is 238 g/mol. The molecule has 0 atom stereocenters. The quantitative estimate of drug-likeness (QED) is 0.723. The first-order valence-electron chi connectivity index (χ1n) is 5.64. The molecular weight excluding hydrogens is 222 g/mol. The number of hydrogen-bond donors (Lipinski definition) is 0. The van der Waals surface area contributed by atoms with Gasteiger partial charge in [-0.25, -0.2) is 0 Å². The molecule has 1 heterocycles. The number of nitrogens with zero attached hydrogens (tertiary/aromatic N) is 1. The first-order chi connectivity index (χ1) is 7.83. The molecule has 0 saturated heterocycles. The summed E-state index contributed by atoms with van der Waals surface area (Å²) in [5.74, 6) is 0.